The monoisotopic (exact) mass is 476 g/mol. The number of esters is 2. The molecular formula is C22H24N2O8S. The van der Waals surface area contributed by atoms with Crippen molar-refractivity contribution in [1.82, 2.24) is 4.90 Å². The Hall–Kier alpha value is -3.60. The van der Waals surface area contributed by atoms with Gasteiger partial charge in [0.05, 0.1) is 48.6 Å². The Morgan fingerprint density at radius 2 is 1.45 bits per heavy atom. The molecule has 0 bridgehead atoms. The molecule has 2 aromatic rings. The first-order valence-electron chi connectivity index (χ1n) is 10.0. The number of nitrogens with zero attached hydrogens (tertiary/aromatic N) is 1. The molecule has 1 fully saturated rings. The summed E-state index contributed by atoms with van der Waals surface area (Å²) in [4.78, 5) is 38.3. The van der Waals surface area contributed by atoms with Gasteiger partial charge in [-0.25, -0.2) is 18.0 Å². The minimum atomic E-state index is -4.20. The van der Waals surface area contributed by atoms with Crippen LogP contribution in [0, 0.1) is 0 Å². The van der Waals surface area contributed by atoms with E-state index in [4.69, 9.17) is 4.74 Å². The number of sulfonamides is 1. The average molecular weight is 477 g/mol. The number of ether oxygens (including phenoxy) is 3. The van der Waals surface area contributed by atoms with Gasteiger partial charge in [-0.15, -0.1) is 0 Å². The Labute approximate surface area is 191 Å². The molecule has 0 unspecified atom stereocenters. The van der Waals surface area contributed by atoms with Crippen molar-refractivity contribution < 1.29 is 37.0 Å². The summed E-state index contributed by atoms with van der Waals surface area (Å²) in [5.41, 5.74) is -0.0159. The van der Waals surface area contributed by atoms with Crippen molar-refractivity contribution in [2.45, 2.75) is 17.7 Å². The highest BCUT2D eigenvalue weighted by Crippen LogP contribution is 2.27. The van der Waals surface area contributed by atoms with Crippen molar-refractivity contribution >= 4 is 33.6 Å². The molecule has 1 aliphatic heterocycles. The van der Waals surface area contributed by atoms with Crippen LogP contribution < -0.4 is 9.46 Å². The van der Waals surface area contributed by atoms with Gasteiger partial charge in [0.15, 0.2) is 0 Å². The van der Waals surface area contributed by atoms with Crippen LogP contribution in [0.5, 0.6) is 5.75 Å². The molecule has 0 radical (unpaired) electrons. The van der Waals surface area contributed by atoms with E-state index in [9.17, 15) is 22.8 Å². The topological polar surface area (TPSA) is 128 Å². The first-order chi connectivity index (χ1) is 15.7. The maximum absolute atomic E-state index is 13.1. The van der Waals surface area contributed by atoms with Gasteiger partial charge in [0.2, 0.25) is 0 Å². The summed E-state index contributed by atoms with van der Waals surface area (Å²) in [5.74, 6) is -1.58. The zero-order chi connectivity index (χ0) is 24.2. The van der Waals surface area contributed by atoms with Crippen LogP contribution in [0.25, 0.3) is 0 Å². The van der Waals surface area contributed by atoms with E-state index < -0.39 is 22.0 Å². The van der Waals surface area contributed by atoms with E-state index in [1.54, 1.807) is 4.90 Å². The van der Waals surface area contributed by atoms with Gasteiger partial charge in [0.1, 0.15) is 5.75 Å². The molecule has 3 rings (SSSR count). The lowest BCUT2D eigenvalue weighted by atomic mass is 10.1. The smallest absolute Gasteiger partial charge is 0.337 e. The van der Waals surface area contributed by atoms with Crippen LogP contribution in [0.2, 0.25) is 0 Å². The second-order valence-corrected chi connectivity index (χ2v) is 8.93. The molecule has 1 saturated heterocycles. The highest BCUT2D eigenvalue weighted by Gasteiger charge is 2.26. The van der Waals surface area contributed by atoms with Crippen molar-refractivity contribution in [3.8, 4) is 5.75 Å². The highest BCUT2D eigenvalue weighted by molar-refractivity contribution is 7.92. The molecular weight excluding hydrogens is 452 g/mol. The largest absolute Gasteiger partial charge is 0.496 e. The third-order valence-corrected chi connectivity index (χ3v) is 6.51. The molecule has 1 heterocycles. The molecule has 0 spiro atoms. The third-order valence-electron chi connectivity index (χ3n) is 5.13. The van der Waals surface area contributed by atoms with E-state index in [1.807, 2.05) is 0 Å². The van der Waals surface area contributed by atoms with Crippen molar-refractivity contribution in [2.75, 3.05) is 39.1 Å². The van der Waals surface area contributed by atoms with E-state index >= 15 is 0 Å². The highest BCUT2D eigenvalue weighted by atomic mass is 32.2. The first-order valence-corrected chi connectivity index (χ1v) is 11.5. The number of likely N-dealkylation sites (tertiary alicyclic amines) is 1. The van der Waals surface area contributed by atoms with Crippen molar-refractivity contribution in [1.29, 1.82) is 0 Å². The van der Waals surface area contributed by atoms with Gasteiger partial charge < -0.3 is 19.1 Å². The Kier molecular flexibility index (Phi) is 7.22. The molecule has 0 aliphatic carbocycles. The van der Waals surface area contributed by atoms with Crippen molar-refractivity contribution in [3.05, 3.63) is 53.1 Å². The number of benzene rings is 2. The number of anilines is 1. The lowest BCUT2D eigenvalue weighted by Gasteiger charge is -2.18. The quantitative estimate of drug-likeness (QED) is 0.603. The van der Waals surface area contributed by atoms with E-state index in [1.165, 1.54) is 43.5 Å². The van der Waals surface area contributed by atoms with E-state index in [2.05, 4.69) is 14.2 Å². The van der Waals surface area contributed by atoms with Crippen LogP contribution in [0.4, 0.5) is 5.69 Å². The molecule has 2 aromatic carbocycles. The van der Waals surface area contributed by atoms with Crippen LogP contribution in [0.1, 0.15) is 43.9 Å². The third kappa shape index (κ3) is 5.25. The zero-order valence-electron chi connectivity index (χ0n) is 18.4. The molecule has 0 aromatic heterocycles. The molecule has 11 heteroatoms. The van der Waals surface area contributed by atoms with E-state index in [0.29, 0.717) is 13.1 Å². The number of carbonyl (C=O) groups is 3. The fourth-order valence-corrected chi connectivity index (χ4v) is 4.55. The summed E-state index contributed by atoms with van der Waals surface area (Å²) in [6.45, 7) is 1.18. The van der Waals surface area contributed by atoms with Crippen LogP contribution in [0.15, 0.2) is 41.3 Å². The Morgan fingerprint density at radius 3 is 1.97 bits per heavy atom. The van der Waals surface area contributed by atoms with Crippen LogP contribution in [0.3, 0.4) is 0 Å². The number of rotatable bonds is 7. The summed E-state index contributed by atoms with van der Waals surface area (Å²) >= 11 is 0. The van der Waals surface area contributed by atoms with Gasteiger partial charge >= 0.3 is 11.9 Å². The van der Waals surface area contributed by atoms with Gasteiger partial charge in [-0.05, 0) is 49.2 Å². The molecule has 33 heavy (non-hydrogen) atoms. The second kappa shape index (κ2) is 9.90. The maximum atomic E-state index is 13.1. The Morgan fingerprint density at radius 1 is 0.879 bits per heavy atom. The molecule has 1 aliphatic rings. The van der Waals surface area contributed by atoms with Crippen LogP contribution in [-0.4, -0.2) is 65.6 Å². The van der Waals surface area contributed by atoms with Crippen molar-refractivity contribution in [3.63, 3.8) is 0 Å². The molecule has 0 saturated carbocycles. The van der Waals surface area contributed by atoms with Crippen LogP contribution in [-0.2, 0) is 19.5 Å². The summed E-state index contributed by atoms with van der Waals surface area (Å²) in [6.07, 6.45) is 1.76. The lowest BCUT2D eigenvalue weighted by Crippen LogP contribution is -2.28. The first kappa shape index (κ1) is 24.1. The van der Waals surface area contributed by atoms with E-state index in [0.717, 1.165) is 27.1 Å². The summed E-state index contributed by atoms with van der Waals surface area (Å²) in [5, 5.41) is 0. The standard InChI is InChI=1S/C22H24N2O8S/c1-30-19-7-6-17(13-18(19)20(25)24-8-4-5-9-24)33(28,29)23-16-11-14(21(26)31-2)10-15(12-16)22(27)32-3/h6-7,10-13,23H,4-5,8-9H2,1-3H3. The molecule has 176 valence electrons. The predicted octanol–water partition coefficient (Wildman–Crippen LogP) is 2.31. The summed E-state index contributed by atoms with van der Waals surface area (Å²) in [6, 6.07) is 7.64. The van der Waals surface area contributed by atoms with Gasteiger partial charge in [-0.2, -0.15) is 0 Å². The minimum absolute atomic E-state index is 0.0438. The number of amides is 1. The fraction of sp³-hybridized carbons (Fsp3) is 0.318. The van der Waals surface area contributed by atoms with Gasteiger partial charge in [-0.1, -0.05) is 0 Å². The molecule has 1 amide bonds. The number of carbonyl (C=O) groups excluding carboxylic acids is 3. The number of hydrogen-bond donors (Lipinski definition) is 1. The lowest BCUT2D eigenvalue weighted by molar-refractivity contribution is 0.0598. The maximum Gasteiger partial charge on any atom is 0.337 e. The van der Waals surface area contributed by atoms with Gasteiger partial charge in [0, 0.05) is 13.1 Å². The normalized spacial score (nSPS) is 13.4. The number of nitrogens with one attached hydrogen (secondary N) is 1. The summed E-state index contributed by atoms with van der Waals surface area (Å²) < 4.78 is 43.1. The SMILES string of the molecule is COC(=O)c1cc(NS(=O)(=O)c2ccc(OC)c(C(=O)N3CCCC3)c2)cc(C(=O)OC)c1. The minimum Gasteiger partial charge on any atom is -0.496 e. The number of hydrogen-bond acceptors (Lipinski definition) is 8. The molecule has 1 N–H and O–H groups in total. The molecule has 0 atom stereocenters. The number of methoxy groups -OCH3 is 3. The van der Waals surface area contributed by atoms with Gasteiger partial charge in [-0.3, -0.25) is 9.52 Å². The summed E-state index contributed by atoms with van der Waals surface area (Å²) in [7, 11) is -0.479. The Bertz CT molecular complexity index is 1150. The van der Waals surface area contributed by atoms with Gasteiger partial charge in [0.25, 0.3) is 15.9 Å². The van der Waals surface area contributed by atoms with Crippen LogP contribution >= 0.6 is 0 Å². The average Bonchev–Trinajstić information content (AvgIpc) is 3.36. The Balaban J connectivity index is 1.99. The van der Waals surface area contributed by atoms with Crippen molar-refractivity contribution in [2.24, 2.45) is 0 Å². The molecule has 10 nitrogen and oxygen atoms in total. The second-order valence-electron chi connectivity index (χ2n) is 7.25. The predicted molar refractivity (Wildman–Crippen MR) is 118 cm³/mol. The zero-order valence-corrected chi connectivity index (χ0v) is 19.2. The van der Waals surface area contributed by atoms with E-state index in [-0.39, 0.29) is 38.9 Å². The fourth-order valence-electron chi connectivity index (χ4n) is 3.48.